The molecule has 0 unspecified atom stereocenters. The number of carbonyl (C=O) groups excluding carboxylic acids is 1. The molecule has 9 nitrogen and oxygen atoms in total. The first-order valence-electron chi connectivity index (χ1n) is 10.9. The first-order valence-corrected chi connectivity index (χ1v) is 11.9. The second kappa shape index (κ2) is 11.9. The molecular weight excluding hydrogens is 478 g/mol. The zero-order valence-electron chi connectivity index (χ0n) is 20.0. The van der Waals surface area contributed by atoms with Crippen LogP contribution < -0.4 is 19.6 Å². The van der Waals surface area contributed by atoms with Gasteiger partial charge in [0.05, 0.1) is 33.3 Å². The number of amides is 1. The third-order valence-electron chi connectivity index (χ3n) is 5.16. The lowest BCUT2D eigenvalue weighted by atomic mass is 10.2. The molecule has 0 fully saturated rings. The predicted octanol–water partition coefficient (Wildman–Crippen LogP) is 4.20. The average molecular weight is 504 g/mol. The van der Waals surface area contributed by atoms with Crippen molar-refractivity contribution in [3.05, 3.63) is 78.4 Å². The van der Waals surface area contributed by atoms with Crippen molar-refractivity contribution in [3.8, 4) is 34.3 Å². The number of hydrogen-bond donors (Lipinski definition) is 1. The summed E-state index contributed by atoms with van der Waals surface area (Å²) in [5, 5.41) is 13.4. The fourth-order valence-electron chi connectivity index (χ4n) is 3.36. The second-order valence-corrected chi connectivity index (χ2v) is 8.34. The minimum absolute atomic E-state index is 0.102. The number of hydrazone groups is 1. The van der Waals surface area contributed by atoms with E-state index < -0.39 is 0 Å². The maximum Gasteiger partial charge on any atom is 0.250 e. The molecule has 3 aromatic carbocycles. The maximum atomic E-state index is 12.5. The third kappa shape index (κ3) is 5.84. The summed E-state index contributed by atoms with van der Waals surface area (Å²) in [4.78, 5) is 12.5. The van der Waals surface area contributed by atoms with Crippen molar-refractivity contribution in [2.45, 2.75) is 5.16 Å². The molecule has 1 N–H and O–H groups in total. The summed E-state index contributed by atoms with van der Waals surface area (Å²) in [6.45, 7) is 0. The van der Waals surface area contributed by atoms with Gasteiger partial charge in [0, 0.05) is 22.9 Å². The molecule has 0 radical (unpaired) electrons. The van der Waals surface area contributed by atoms with Crippen LogP contribution in [0.2, 0.25) is 0 Å². The zero-order chi connectivity index (χ0) is 25.3. The number of rotatable bonds is 10. The largest absolute Gasteiger partial charge is 0.497 e. The number of nitrogens with zero attached hydrogens (tertiary/aromatic N) is 4. The van der Waals surface area contributed by atoms with Crippen LogP contribution in [0.4, 0.5) is 0 Å². The molecule has 0 aliphatic heterocycles. The van der Waals surface area contributed by atoms with Gasteiger partial charge < -0.3 is 14.2 Å². The van der Waals surface area contributed by atoms with Gasteiger partial charge in [-0.05, 0) is 48.5 Å². The molecule has 0 atom stereocenters. The van der Waals surface area contributed by atoms with Crippen molar-refractivity contribution in [2.24, 2.45) is 5.10 Å². The highest BCUT2D eigenvalue weighted by Crippen LogP contribution is 2.29. The van der Waals surface area contributed by atoms with E-state index in [1.807, 2.05) is 59.2 Å². The number of aromatic nitrogens is 3. The lowest BCUT2D eigenvalue weighted by molar-refractivity contribution is -0.118. The van der Waals surface area contributed by atoms with E-state index in [0.29, 0.717) is 28.0 Å². The van der Waals surface area contributed by atoms with Crippen molar-refractivity contribution in [3.63, 3.8) is 0 Å². The summed E-state index contributed by atoms with van der Waals surface area (Å²) in [5.74, 6) is 2.49. The minimum Gasteiger partial charge on any atom is -0.497 e. The Kier molecular flexibility index (Phi) is 8.20. The van der Waals surface area contributed by atoms with Gasteiger partial charge in [0.1, 0.15) is 17.2 Å². The fraction of sp³-hybridized carbons (Fsp3) is 0.154. The molecule has 36 heavy (non-hydrogen) atoms. The summed E-state index contributed by atoms with van der Waals surface area (Å²) in [7, 11) is 4.77. The monoisotopic (exact) mass is 503 g/mol. The zero-order valence-corrected chi connectivity index (χ0v) is 20.9. The topological polar surface area (TPSA) is 99.9 Å². The summed E-state index contributed by atoms with van der Waals surface area (Å²) >= 11 is 1.27. The quantitative estimate of drug-likeness (QED) is 0.197. The van der Waals surface area contributed by atoms with Crippen LogP contribution in [-0.2, 0) is 4.79 Å². The Morgan fingerprint density at radius 2 is 1.67 bits per heavy atom. The molecule has 1 aromatic heterocycles. The van der Waals surface area contributed by atoms with Crippen molar-refractivity contribution < 1.29 is 19.0 Å². The van der Waals surface area contributed by atoms with Gasteiger partial charge in [-0.1, -0.05) is 30.0 Å². The van der Waals surface area contributed by atoms with Crippen LogP contribution >= 0.6 is 11.8 Å². The molecule has 4 rings (SSSR count). The molecule has 4 aromatic rings. The summed E-state index contributed by atoms with van der Waals surface area (Å²) in [6, 6.07) is 22.7. The summed E-state index contributed by atoms with van der Waals surface area (Å²) < 4.78 is 17.7. The van der Waals surface area contributed by atoms with E-state index >= 15 is 0 Å². The lowest BCUT2D eigenvalue weighted by Crippen LogP contribution is -2.20. The molecule has 1 heterocycles. The molecule has 0 saturated carbocycles. The number of hydrogen-bond acceptors (Lipinski definition) is 8. The van der Waals surface area contributed by atoms with Crippen LogP contribution in [0, 0.1) is 0 Å². The van der Waals surface area contributed by atoms with Crippen LogP contribution in [0.5, 0.6) is 17.2 Å². The van der Waals surface area contributed by atoms with E-state index in [9.17, 15) is 4.79 Å². The number of benzene rings is 3. The lowest BCUT2D eigenvalue weighted by Gasteiger charge is -2.10. The SMILES string of the molecule is COc1ccc(-c2nnc(SCC(=O)NN=Cc3ccc(OC)cc3OC)n2-c2ccccc2)cc1. The van der Waals surface area contributed by atoms with Gasteiger partial charge in [0.15, 0.2) is 11.0 Å². The van der Waals surface area contributed by atoms with E-state index in [4.69, 9.17) is 14.2 Å². The predicted molar refractivity (Wildman–Crippen MR) is 139 cm³/mol. The molecule has 0 saturated heterocycles. The molecular formula is C26H25N5O4S. The van der Waals surface area contributed by atoms with E-state index in [1.165, 1.54) is 18.0 Å². The van der Waals surface area contributed by atoms with E-state index in [2.05, 4.69) is 20.7 Å². The number of carbonyl (C=O) groups is 1. The molecule has 0 bridgehead atoms. The van der Waals surface area contributed by atoms with Crippen LogP contribution in [-0.4, -0.2) is 54.0 Å². The molecule has 10 heteroatoms. The van der Waals surface area contributed by atoms with Crippen molar-refractivity contribution in [1.82, 2.24) is 20.2 Å². The van der Waals surface area contributed by atoms with Gasteiger partial charge in [-0.3, -0.25) is 9.36 Å². The highest BCUT2D eigenvalue weighted by atomic mass is 32.2. The summed E-state index contributed by atoms with van der Waals surface area (Å²) in [6.07, 6.45) is 1.52. The first-order chi connectivity index (χ1) is 17.6. The van der Waals surface area contributed by atoms with E-state index in [0.717, 1.165) is 17.0 Å². The fourth-order valence-corrected chi connectivity index (χ4v) is 4.11. The van der Waals surface area contributed by atoms with Gasteiger partial charge >= 0.3 is 0 Å². The smallest absolute Gasteiger partial charge is 0.250 e. The highest BCUT2D eigenvalue weighted by molar-refractivity contribution is 7.99. The normalized spacial score (nSPS) is 10.9. The molecule has 0 aliphatic rings. The van der Waals surface area contributed by atoms with Gasteiger partial charge in [-0.25, -0.2) is 5.43 Å². The van der Waals surface area contributed by atoms with Gasteiger partial charge in [0.25, 0.3) is 5.91 Å². The number of nitrogens with one attached hydrogen (secondary N) is 1. The average Bonchev–Trinajstić information content (AvgIpc) is 3.36. The van der Waals surface area contributed by atoms with Gasteiger partial charge in [-0.15, -0.1) is 10.2 Å². The number of para-hydroxylation sites is 1. The number of thioether (sulfide) groups is 1. The molecule has 184 valence electrons. The second-order valence-electron chi connectivity index (χ2n) is 7.40. The van der Waals surface area contributed by atoms with Crippen molar-refractivity contribution in [1.29, 1.82) is 0 Å². The highest BCUT2D eigenvalue weighted by Gasteiger charge is 2.17. The van der Waals surface area contributed by atoms with Crippen LogP contribution in [0.3, 0.4) is 0 Å². The van der Waals surface area contributed by atoms with Crippen LogP contribution in [0.15, 0.2) is 83.1 Å². The third-order valence-corrected chi connectivity index (χ3v) is 6.09. The molecule has 0 spiro atoms. The minimum atomic E-state index is -0.280. The Morgan fingerprint density at radius 3 is 2.36 bits per heavy atom. The number of ether oxygens (including phenoxy) is 3. The molecule has 0 aliphatic carbocycles. The number of methoxy groups -OCH3 is 3. The molecule has 1 amide bonds. The Bertz CT molecular complexity index is 1340. The van der Waals surface area contributed by atoms with E-state index in [-0.39, 0.29) is 11.7 Å². The van der Waals surface area contributed by atoms with Crippen molar-refractivity contribution >= 4 is 23.9 Å². The van der Waals surface area contributed by atoms with Crippen LogP contribution in [0.1, 0.15) is 5.56 Å². The van der Waals surface area contributed by atoms with Gasteiger partial charge in [0.2, 0.25) is 0 Å². The first kappa shape index (κ1) is 24.8. The Balaban J connectivity index is 1.48. The Hall–Kier alpha value is -4.31. The Labute approximate surface area is 213 Å². The van der Waals surface area contributed by atoms with Crippen molar-refractivity contribution in [2.75, 3.05) is 27.1 Å². The van der Waals surface area contributed by atoms with Gasteiger partial charge in [-0.2, -0.15) is 5.10 Å². The standard InChI is InChI=1S/C26H25N5O4S/c1-33-21-12-9-18(10-13-21)25-29-30-26(31(25)20-7-5-4-6-8-20)36-17-24(32)28-27-16-19-11-14-22(34-2)15-23(19)35-3/h4-16H,17H2,1-3H3,(H,28,32). The summed E-state index contributed by atoms with van der Waals surface area (Å²) in [5.41, 5.74) is 5.02. The van der Waals surface area contributed by atoms with Crippen LogP contribution in [0.25, 0.3) is 17.1 Å². The maximum absolute atomic E-state index is 12.5. The Morgan fingerprint density at radius 1 is 0.944 bits per heavy atom. The van der Waals surface area contributed by atoms with E-state index in [1.54, 1.807) is 39.5 Å².